The van der Waals surface area contributed by atoms with E-state index in [2.05, 4.69) is 0 Å². The van der Waals surface area contributed by atoms with Crippen LogP contribution in [-0.2, 0) is 0 Å². The van der Waals surface area contributed by atoms with Crippen LogP contribution in [0.3, 0.4) is 0 Å². The summed E-state index contributed by atoms with van der Waals surface area (Å²) in [5.74, 6) is -0.418. The van der Waals surface area contributed by atoms with Gasteiger partial charge in [0.1, 0.15) is 11.6 Å². The van der Waals surface area contributed by atoms with E-state index in [9.17, 15) is 9.50 Å². The standard InChI is InChI=1S/C12H7Cl2FO/c13-10-3-1-7(5-11(10)14)9-6-8(16)2-4-12(9)15/h1-6,16H. The maximum Gasteiger partial charge on any atom is 0.131 e. The molecule has 0 heterocycles. The molecular formula is C12H7Cl2FO. The van der Waals surface area contributed by atoms with Gasteiger partial charge in [0.2, 0.25) is 0 Å². The molecule has 0 spiro atoms. The zero-order valence-corrected chi connectivity index (χ0v) is 9.56. The van der Waals surface area contributed by atoms with Crippen molar-refractivity contribution in [1.82, 2.24) is 0 Å². The molecule has 1 N–H and O–H groups in total. The fourth-order valence-electron chi connectivity index (χ4n) is 1.40. The summed E-state index contributed by atoms with van der Waals surface area (Å²) in [6.45, 7) is 0. The van der Waals surface area contributed by atoms with Crippen molar-refractivity contribution in [2.24, 2.45) is 0 Å². The molecule has 0 bridgehead atoms. The Morgan fingerprint density at radius 2 is 1.69 bits per heavy atom. The van der Waals surface area contributed by atoms with Crippen molar-refractivity contribution >= 4 is 23.2 Å². The van der Waals surface area contributed by atoms with E-state index in [0.29, 0.717) is 21.2 Å². The molecule has 2 rings (SSSR count). The van der Waals surface area contributed by atoms with Gasteiger partial charge in [0.15, 0.2) is 0 Å². The number of rotatable bonds is 1. The molecule has 0 aromatic heterocycles. The third kappa shape index (κ3) is 2.13. The molecule has 0 saturated heterocycles. The SMILES string of the molecule is Oc1ccc(F)c(-c2ccc(Cl)c(Cl)c2)c1. The number of hydrogen-bond acceptors (Lipinski definition) is 1. The van der Waals surface area contributed by atoms with Crippen LogP contribution in [0.25, 0.3) is 11.1 Å². The van der Waals surface area contributed by atoms with Gasteiger partial charge in [0.25, 0.3) is 0 Å². The Morgan fingerprint density at radius 3 is 2.38 bits per heavy atom. The smallest absolute Gasteiger partial charge is 0.131 e. The summed E-state index contributed by atoms with van der Waals surface area (Å²) < 4.78 is 13.5. The topological polar surface area (TPSA) is 20.2 Å². The van der Waals surface area contributed by atoms with Crippen molar-refractivity contribution in [3.05, 3.63) is 52.3 Å². The molecule has 0 aliphatic rings. The third-order valence-electron chi connectivity index (χ3n) is 2.18. The molecule has 2 aromatic carbocycles. The Kier molecular flexibility index (Phi) is 3.03. The molecule has 82 valence electrons. The molecule has 4 heteroatoms. The van der Waals surface area contributed by atoms with Crippen LogP contribution in [0.15, 0.2) is 36.4 Å². The second-order valence-corrected chi connectivity index (χ2v) is 4.11. The van der Waals surface area contributed by atoms with Gasteiger partial charge in [0, 0.05) is 5.56 Å². The average molecular weight is 257 g/mol. The molecule has 0 fully saturated rings. The first kappa shape index (κ1) is 11.2. The van der Waals surface area contributed by atoms with Gasteiger partial charge in [-0.2, -0.15) is 0 Å². The molecule has 0 radical (unpaired) electrons. The van der Waals surface area contributed by atoms with Crippen LogP contribution in [0.4, 0.5) is 4.39 Å². The molecular weight excluding hydrogens is 250 g/mol. The molecule has 16 heavy (non-hydrogen) atoms. The second-order valence-electron chi connectivity index (χ2n) is 3.29. The normalized spacial score (nSPS) is 10.4. The van der Waals surface area contributed by atoms with Crippen LogP contribution in [-0.4, -0.2) is 5.11 Å². The third-order valence-corrected chi connectivity index (χ3v) is 2.92. The molecule has 2 aromatic rings. The molecule has 0 amide bonds. The first-order valence-corrected chi connectivity index (χ1v) is 5.27. The molecule has 1 nitrogen and oxygen atoms in total. The largest absolute Gasteiger partial charge is 0.508 e. The van der Waals surface area contributed by atoms with Crippen LogP contribution in [0, 0.1) is 5.82 Å². The lowest BCUT2D eigenvalue weighted by atomic mass is 10.1. The minimum atomic E-state index is -0.420. The highest BCUT2D eigenvalue weighted by molar-refractivity contribution is 6.42. The average Bonchev–Trinajstić information content (AvgIpc) is 2.26. The molecule has 0 atom stereocenters. The Hall–Kier alpha value is -1.25. The van der Waals surface area contributed by atoms with Crippen LogP contribution < -0.4 is 0 Å². The summed E-state index contributed by atoms with van der Waals surface area (Å²) in [5.41, 5.74) is 0.862. The van der Waals surface area contributed by atoms with Crippen molar-refractivity contribution in [1.29, 1.82) is 0 Å². The van der Waals surface area contributed by atoms with Gasteiger partial charge in [-0.25, -0.2) is 4.39 Å². The molecule has 0 aliphatic heterocycles. The first-order valence-electron chi connectivity index (χ1n) is 4.52. The number of phenols is 1. The molecule has 0 aliphatic carbocycles. The van der Waals surface area contributed by atoms with Crippen LogP contribution in [0.2, 0.25) is 10.0 Å². The fraction of sp³-hybridized carbons (Fsp3) is 0. The molecule has 0 saturated carbocycles. The van der Waals surface area contributed by atoms with Crippen molar-refractivity contribution in [2.75, 3.05) is 0 Å². The van der Waals surface area contributed by atoms with E-state index in [1.54, 1.807) is 18.2 Å². The highest BCUT2D eigenvalue weighted by atomic mass is 35.5. The van der Waals surface area contributed by atoms with E-state index in [0.717, 1.165) is 0 Å². The van der Waals surface area contributed by atoms with E-state index in [1.165, 1.54) is 18.2 Å². The number of hydrogen-bond donors (Lipinski definition) is 1. The predicted octanol–water partition coefficient (Wildman–Crippen LogP) is 4.51. The maximum atomic E-state index is 13.5. The van der Waals surface area contributed by atoms with Crippen molar-refractivity contribution in [3.8, 4) is 16.9 Å². The van der Waals surface area contributed by atoms with E-state index >= 15 is 0 Å². The summed E-state index contributed by atoms with van der Waals surface area (Å²) >= 11 is 11.6. The summed E-state index contributed by atoms with van der Waals surface area (Å²) in [6, 6.07) is 8.62. The fourth-order valence-corrected chi connectivity index (χ4v) is 1.70. The number of halogens is 3. The van der Waals surface area contributed by atoms with Crippen molar-refractivity contribution in [2.45, 2.75) is 0 Å². The number of aromatic hydroxyl groups is 1. The van der Waals surface area contributed by atoms with Gasteiger partial charge in [-0.15, -0.1) is 0 Å². The van der Waals surface area contributed by atoms with E-state index in [1.807, 2.05) is 0 Å². The van der Waals surface area contributed by atoms with Crippen molar-refractivity contribution in [3.63, 3.8) is 0 Å². The minimum absolute atomic E-state index is 0.00229. The zero-order chi connectivity index (χ0) is 11.7. The quantitative estimate of drug-likeness (QED) is 0.797. The minimum Gasteiger partial charge on any atom is -0.508 e. The van der Waals surface area contributed by atoms with E-state index < -0.39 is 5.82 Å². The van der Waals surface area contributed by atoms with Crippen LogP contribution in [0.1, 0.15) is 0 Å². The van der Waals surface area contributed by atoms with Crippen LogP contribution >= 0.6 is 23.2 Å². The monoisotopic (exact) mass is 256 g/mol. The highest BCUT2D eigenvalue weighted by Crippen LogP contribution is 2.31. The lowest BCUT2D eigenvalue weighted by Crippen LogP contribution is -1.84. The Bertz CT molecular complexity index is 541. The summed E-state index contributed by atoms with van der Waals surface area (Å²) in [5, 5.41) is 10.1. The van der Waals surface area contributed by atoms with Crippen molar-refractivity contribution < 1.29 is 9.50 Å². The van der Waals surface area contributed by atoms with Gasteiger partial charge < -0.3 is 5.11 Å². The lowest BCUT2D eigenvalue weighted by Gasteiger charge is -2.05. The lowest BCUT2D eigenvalue weighted by molar-refractivity contribution is 0.473. The summed E-state index contributed by atoms with van der Waals surface area (Å²) in [6.07, 6.45) is 0. The summed E-state index contributed by atoms with van der Waals surface area (Å²) in [4.78, 5) is 0. The Morgan fingerprint density at radius 1 is 0.938 bits per heavy atom. The number of benzene rings is 2. The highest BCUT2D eigenvalue weighted by Gasteiger charge is 2.07. The van der Waals surface area contributed by atoms with E-state index in [-0.39, 0.29) is 5.75 Å². The summed E-state index contributed by atoms with van der Waals surface area (Å²) in [7, 11) is 0. The Labute approximate surface area is 102 Å². The predicted molar refractivity (Wildman–Crippen MR) is 63.5 cm³/mol. The van der Waals surface area contributed by atoms with Gasteiger partial charge in [0.05, 0.1) is 10.0 Å². The van der Waals surface area contributed by atoms with Gasteiger partial charge >= 0.3 is 0 Å². The Balaban J connectivity index is 2.58. The number of phenolic OH excluding ortho intramolecular Hbond substituents is 1. The van der Waals surface area contributed by atoms with Crippen LogP contribution in [0.5, 0.6) is 5.75 Å². The van der Waals surface area contributed by atoms with Gasteiger partial charge in [-0.3, -0.25) is 0 Å². The first-order chi connectivity index (χ1) is 7.58. The zero-order valence-electron chi connectivity index (χ0n) is 8.05. The maximum absolute atomic E-state index is 13.5. The van der Waals surface area contributed by atoms with Gasteiger partial charge in [-0.1, -0.05) is 29.3 Å². The second kappa shape index (κ2) is 4.32. The van der Waals surface area contributed by atoms with E-state index in [4.69, 9.17) is 23.2 Å². The van der Waals surface area contributed by atoms with Gasteiger partial charge in [-0.05, 0) is 35.9 Å². The molecule has 0 unspecified atom stereocenters.